The van der Waals surface area contributed by atoms with Gasteiger partial charge in [-0.05, 0) is 54.8 Å². The number of carbonyl (C=O) groups excluding carboxylic acids is 1. The first kappa shape index (κ1) is 27.2. The summed E-state index contributed by atoms with van der Waals surface area (Å²) in [5.74, 6) is -0.734. The third-order valence-corrected chi connectivity index (χ3v) is 7.82. The van der Waals surface area contributed by atoms with Crippen LogP contribution in [0.1, 0.15) is 53.2 Å². The van der Waals surface area contributed by atoms with E-state index in [0.717, 1.165) is 37.8 Å². The molecule has 0 aliphatic heterocycles. The number of anilines is 2. The van der Waals surface area contributed by atoms with E-state index in [4.69, 9.17) is 5.73 Å². The van der Waals surface area contributed by atoms with E-state index in [1.54, 1.807) is 4.68 Å². The highest BCUT2D eigenvalue weighted by Crippen LogP contribution is 2.34. The highest BCUT2D eigenvalue weighted by atomic mass is 32.2. The average molecular weight is 547 g/mol. The Bertz CT molecular complexity index is 1450. The minimum Gasteiger partial charge on any atom is -0.365 e. The van der Waals surface area contributed by atoms with Crippen molar-refractivity contribution in [1.82, 2.24) is 14.5 Å². The van der Waals surface area contributed by atoms with Crippen molar-refractivity contribution in [2.45, 2.75) is 49.3 Å². The van der Waals surface area contributed by atoms with Gasteiger partial charge in [-0.25, -0.2) is 13.1 Å². The summed E-state index contributed by atoms with van der Waals surface area (Å²) in [6.45, 7) is -0.190. The molecule has 200 valence electrons. The van der Waals surface area contributed by atoms with E-state index < -0.39 is 27.7 Å². The summed E-state index contributed by atoms with van der Waals surface area (Å²) >= 11 is 0. The van der Waals surface area contributed by atoms with Gasteiger partial charge < -0.3 is 11.1 Å². The lowest BCUT2D eigenvalue weighted by atomic mass is 9.85. The maximum absolute atomic E-state index is 12.7. The first-order valence-electron chi connectivity index (χ1n) is 11.8. The monoisotopic (exact) mass is 546 g/mol. The van der Waals surface area contributed by atoms with Gasteiger partial charge in [0.05, 0.1) is 28.5 Å². The molecule has 4 N–H and O–H groups in total. The number of sulfonamides is 1. The van der Waals surface area contributed by atoms with Crippen LogP contribution in [0.5, 0.6) is 0 Å². The van der Waals surface area contributed by atoms with E-state index in [1.165, 1.54) is 42.6 Å². The van der Waals surface area contributed by atoms with Crippen molar-refractivity contribution < 1.29 is 26.4 Å². The van der Waals surface area contributed by atoms with Gasteiger partial charge in [0.1, 0.15) is 5.56 Å². The van der Waals surface area contributed by atoms with Gasteiger partial charge in [0, 0.05) is 18.4 Å². The predicted molar refractivity (Wildman–Crippen MR) is 133 cm³/mol. The van der Waals surface area contributed by atoms with E-state index in [1.807, 2.05) is 0 Å². The second kappa shape index (κ2) is 10.8. The number of carbonyl (C=O) groups is 1. The summed E-state index contributed by atoms with van der Waals surface area (Å²) in [4.78, 5) is 12.0. The maximum atomic E-state index is 12.7. The normalized spacial score (nSPS) is 18.1. The number of halogens is 3. The summed E-state index contributed by atoms with van der Waals surface area (Å²) in [6.07, 6.45) is 0.453. The molecule has 0 radical (unpaired) electrons. The molecule has 2 aromatic carbocycles. The van der Waals surface area contributed by atoms with Gasteiger partial charge in [0.2, 0.25) is 10.0 Å². The smallest absolute Gasteiger partial charge is 0.365 e. The van der Waals surface area contributed by atoms with E-state index in [0.29, 0.717) is 11.3 Å². The highest BCUT2D eigenvalue weighted by Gasteiger charge is 2.30. The van der Waals surface area contributed by atoms with Crippen molar-refractivity contribution in [3.8, 4) is 6.07 Å². The molecule has 2 atom stereocenters. The van der Waals surface area contributed by atoms with Crippen molar-refractivity contribution in [2.75, 3.05) is 5.32 Å². The number of nitriles is 1. The lowest BCUT2D eigenvalue weighted by molar-refractivity contribution is -0.137. The number of rotatable bonds is 8. The fourth-order valence-electron chi connectivity index (χ4n) is 4.34. The molecule has 13 heteroatoms. The van der Waals surface area contributed by atoms with Crippen LogP contribution < -0.4 is 15.8 Å². The molecule has 1 saturated carbocycles. The quantitative estimate of drug-likeness (QED) is 0.380. The van der Waals surface area contributed by atoms with Crippen LogP contribution in [-0.2, 0) is 22.7 Å². The lowest BCUT2D eigenvalue weighted by Crippen LogP contribution is -2.23. The summed E-state index contributed by atoms with van der Waals surface area (Å²) < 4.78 is 67.4. The fraction of sp³-hybridized carbons (Fsp3) is 0.320. The molecular formula is C25H25F3N6O3S. The molecule has 1 aliphatic carbocycles. The number of nitrogens with zero attached hydrogens (tertiary/aromatic N) is 3. The Hall–Kier alpha value is -3.89. The van der Waals surface area contributed by atoms with Gasteiger partial charge in [-0.2, -0.15) is 23.5 Å². The maximum Gasteiger partial charge on any atom is 0.416 e. The zero-order chi connectivity index (χ0) is 27.5. The Kier molecular flexibility index (Phi) is 7.75. The summed E-state index contributed by atoms with van der Waals surface area (Å²) in [5.41, 5.74) is 5.66. The third-order valence-electron chi connectivity index (χ3n) is 6.41. The Morgan fingerprint density at radius 3 is 2.37 bits per heavy atom. The van der Waals surface area contributed by atoms with E-state index in [2.05, 4.69) is 21.2 Å². The largest absolute Gasteiger partial charge is 0.416 e. The first-order valence-corrected chi connectivity index (χ1v) is 13.3. The molecule has 1 unspecified atom stereocenters. The van der Waals surface area contributed by atoms with Crippen LogP contribution in [0, 0.1) is 17.2 Å². The zero-order valence-electron chi connectivity index (χ0n) is 20.1. The number of aromatic nitrogens is 2. The molecule has 1 heterocycles. The predicted octanol–water partition coefficient (Wildman–Crippen LogP) is 4.48. The Morgan fingerprint density at radius 1 is 1.11 bits per heavy atom. The number of hydrogen-bond acceptors (Lipinski definition) is 6. The molecule has 9 nitrogen and oxygen atoms in total. The fourth-order valence-corrected chi connectivity index (χ4v) is 5.36. The molecule has 38 heavy (non-hydrogen) atoms. The van der Waals surface area contributed by atoms with Crippen molar-refractivity contribution in [3.05, 3.63) is 71.4 Å². The molecule has 1 aliphatic rings. The molecule has 0 spiro atoms. The minimum absolute atomic E-state index is 0.0605. The second-order valence-corrected chi connectivity index (χ2v) is 10.8. The first-order chi connectivity index (χ1) is 18.0. The highest BCUT2D eigenvalue weighted by molar-refractivity contribution is 7.89. The number of primary amides is 1. The zero-order valence-corrected chi connectivity index (χ0v) is 20.9. The lowest BCUT2D eigenvalue weighted by Gasteiger charge is -2.26. The molecular weight excluding hydrogens is 521 g/mol. The topological polar surface area (TPSA) is 143 Å². The Balaban J connectivity index is 1.45. The third kappa shape index (κ3) is 6.15. The summed E-state index contributed by atoms with van der Waals surface area (Å²) in [5, 5.41) is 16.9. The molecule has 4 rings (SSSR count). The van der Waals surface area contributed by atoms with Crippen LogP contribution >= 0.6 is 0 Å². The van der Waals surface area contributed by atoms with Crippen LogP contribution in [0.2, 0.25) is 0 Å². The average Bonchev–Trinajstić information content (AvgIpc) is 3.31. The van der Waals surface area contributed by atoms with Crippen LogP contribution in [0.15, 0.2) is 59.6 Å². The van der Waals surface area contributed by atoms with Crippen LogP contribution in [0.3, 0.4) is 0 Å². The van der Waals surface area contributed by atoms with Crippen molar-refractivity contribution >= 4 is 27.4 Å². The van der Waals surface area contributed by atoms with Crippen molar-refractivity contribution in [3.63, 3.8) is 0 Å². The number of hydrogen-bond donors (Lipinski definition) is 3. The number of alkyl halides is 3. The van der Waals surface area contributed by atoms with Gasteiger partial charge in [0.25, 0.3) is 5.91 Å². The summed E-state index contributed by atoms with van der Waals surface area (Å²) in [6, 6.07) is 12.0. The Labute approximate surface area is 217 Å². The minimum atomic E-state index is -4.47. The number of benzene rings is 2. The van der Waals surface area contributed by atoms with Crippen LogP contribution in [0.4, 0.5) is 24.7 Å². The van der Waals surface area contributed by atoms with Gasteiger partial charge in [-0.1, -0.05) is 25.0 Å². The van der Waals surface area contributed by atoms with Gasteiger partial charge in [-0.15, -0.1) is 0 Å². The van der Waals surface area contributed by atoms with Gasteiger partial charge >= 0.3 is 6.18 Å². The van der Waals surface area contributed by atoms with E-state index in [-0.39, 0.29) is 34.8 Å². The number of nitrogens with one attached hydrogen (secondary N) is 2. The molecule has 1 fully saturated rings. The number of amides is 1. The SMILES string of the molecule is N#CC1CCCC[C@H]1n1cc(C(N)=O)c(Nc2ccc(S(=O)(=O)NCc3ccc(C(F)(F)F)cc3)cc2)n1. The molecule has 1 amide bonds. The van der Waals surface area contributed by atoms with Gasteiger partial charge in [-0.3, -0.25) is 9.48 Å². The standard InChI is InChI=1S/C25H25F3N6O3S/c26-25(27,28)18-7-5-16(6-8-18)14-31-38(36,37)20-11-9-19(10-12-20)32-24-21(23(30)35)15-34(33-24)22-4-2-1-3-17(22)13-29/h5-12,15,17,22,31H,1-4,14H2,(H2,30,35)(H,32,33)/t17?,22-/m1/s1. The summed E-state index contributed by atoms with van der Waals surface area (Å²) in [7, 11) is -3.95. The molecule has 3 aromatic rings. The molecule has 1 aromatic heterocycles. The van der Waals surface area contributed by atoms with Crippen molar-refractivity contribution in [2.24, 2.45) is 11.7 Å². The van der Waals surface area contributed by atoms with Crippen LogP contribution in [0.25, 0.3) is 0 Å². The van der Waals surface area contributed by atoms with E-state index in [9.17, 15) is 31.6 Å². The molecule has 0 saturated heterocycles. The van der Waals surface area contributed by atoms with E-state index >= 15 is 0 Å². The van der Waals surface area contributed by atoms with Crippen molar-refractivity contribution in [1.29, 1.82) is 5.26 Å². The van der Waals surface area contributed by atoms with Crippen LogP contribution in [-0.4, -0.2) is 24.1 Å². The Morgan fingerprint density at radius 2 is 1.76 bits per heavy atom. The van der Waals surface area contributed by atoms with Gasteiger partial charge in [0.15, 0.2) is 5.82 Å². The molecule has 0 bridgehead atoms. The number of nitrogens with two attached hydrogens (primary N) is 1. The second-order valence-electron chi connectivity index (χ2n) is 8.99.